The van der Waals surface area contributed by atoms with Crippen LogP contribution in [-0.4, -0.2) is 15.7 Å². The number of nitrogens with zero attached hydrogens (tertiary/aromatic N) is 2. The summed E-state index contributed by atoms with van der Waals surface area (Å²) in [4.78, 5) is 12.6. The summed E-state index contributed by atoms with van der Waals surface area (Å²) in [6.45, 7) is 0. The van der Waals surface area contributed by atoms with Crippen LogP contribution in [0.25, 0.3) is 11.3 Å². The molecule has 0 atom stereocenters. The van der Waals surface area contributed by atoms with Gasteiger partial charge in [0.2, 0.25) is 0 Å². The van der Waals surface area contributed by atoms with Crippen LogP contribution >= 0.6 is 0 Å². The minimum atomic E-state index is -0.265. The highest BCUT2D eigenvalue weighted by molar-refractivity contribution is 6.04. The minimum absolute atomic E-state index is 0.171. The average molecular weight is 349 g/mol. The van der Waals surface area contributed by atoms with Gasteiger partial charge in [-0.1, -0.05) is 24.6 Å². The minimum Gasteiger partial charge on any atom is -0.305 e. The standard InChI is InChI=1S/C21H20FN3O/c1-25-19(15-10-12-17(22)13-11-15)18(14-8-5-9-14)20(24-25)23-21(26)16-6-3-2-4-7-16/h2-4,6-7,10-14H,5,8-9H2,1H3,(H,23,24,26). The van der Waals surface area contributed by atoms with Crippen molar-refractivity contribution in [2.75, 3.05) is 5.32 Å². The van der Waals surface area contributed by atoms with Crippen molar-refractivity contribution in [3.63, 3.8) is 0 Å². The van der Waals surface area contributed by atoms with Crippen LogP contribution in [0.5, 0.6) is 0 Å². The lowest BCUT2D eigenvalue weighted by Crippen LogP contribution is -2.16. The zero-order valence-electron chi connectivity index (χ0n) is 14.6. The van der Waals surface area contributed by atoms with Crippen molar-refractivity contribution in [3.05, 3.63) is 71.5 Å². The molecule has 1 saturated carbocycles. The molecule has 1 fully saturated rings. The van der Waals surface area contributed by atoms with E-state index < -0.39 is 0 Å². The Labute approximate surface area is 151 Å². The Bertz CT molecular complexity index is 928. The predicted octanol–water partition coefficient (Wildman–Crippen LogP) is 4.75. The number of halogens is 1. The summed E-state index contributed by atoms with van der Waals surface area (Å²) >= 11 is 0. The second kappa shape index (κ2) is 6.75. The molecule has 0 aliphatic heterocycles. The molecule has 4 nitrogen and oxygen atoms in total. The number of aromatic nitrogens is 2. The molecule has 1 aromatic heterocycles. The lowest BCUT2D eigenvalue weighted by Gasteiger charge is -2.27. The molecule has 1 N–H and O–H groups in total. The Morgan fingerprint density at radius 1 is 1.12 bits per heavy atom. The van der Waals surface area contributed by atoms with E-state index in [9.17, 15) is 9.18 Å². The molecule has 0 spiro atoms. The molecule has 0 bridgehead atoms. The number of anilines is 1. The number of nitrogens with one attached hydrogen (secondary N) is 1. The highest BCUT2D eigenvalue weighted by atomic mass is 19.1. The quantitative estimate of drug-likeness (QED) is 0.739. The third-order valence-corrected chi connectivity index (χ3v) is 4.98. The number of carbonyl (C=O) groups is 1. The first kappa shape index (κ1) is 16.5. The van der Waals surface area contributed by atoms with Gasteiger partial charge in [0.05, 0.1) is 5.69 Å². The van der Waals surface area contributed by atoms with E-state index in [1.807, 2.05) is 25.2 Å². The first-order valence-electron chi connectivity index (χ1n) is 8.82. The number of carbonyl (C=O) groups excluding carboxylic acids is 1. The predicted molar refractivity (Wildman–Crippen MR) is 99.6 cm³/mol. The Hall–Kier alpha value is -2.95. The van der Waals surface area contributed by atoms with E-state index in [4.69, 9.17) is 0 Å². The summed E-state index contributed by atoms with van der Waals surface area (Å²) in [5, 5.41) is 7.54. The van der Waals surface area contributed by atoms with E-state index in [1.54, 1.807) is 28.9 Å². The lowest BCUT2D eigenvalue weighted by molar-refractivity contribution is 0.102. The maximum absolute atomic E-state index is 13.3. The second-order valence-electron chi connectivity index (χ2n) is 6.69. The Kier molecular flexibility index (Phi) is 4.29. The van der Waals surface area contributed by atoms with Gasteiger partial charge in [0.1, 0.15) is 5.82 Å². The smallest absolute Gasteiger partial charge is 0.256 e. The summed E-state index contributed by atoms with van der Waals surface area (Å²) in [6, 6.07) is 15.5. The van der Waals surface area contributed by atoms with Crippen molar-refractivity contribution in [2.45, 2.75) is 25.2 Å². The van der Waals surface area contributed by atoms with Crippen molar-refractivity contribution in [1.29, 1.82) is 0 Å². The van der Waals surface area contributed by atoms with Crippen LogP contribution in [0.2, 0.25) is 0 Å². The topological polar surface area (TPSA) is 46.9 Å². The van der Waals surface area contributed by atoms with Crippen molar-refractivity contribution < 1.29 is 9.18 Å². The van der Waals surface area contributed by atoms with Gasteiger partial charge in [0.25, 0.3) is 5.91 Å². The van der Waals surface area contributed by atoms with Crippen molar-refractivity contribution in [2.24, 2.45) is 7.05 Å². The highest BCUT2D eigenvalue weighted by Gasteiger charge is 2.30. The molecule has 0 saturated heterocycles. The van der Waals surface area contributed by atoms with E-state index in [0.717, 1.165) is 29.7 Å². The van der Waals surface area contributed by atoms with E-state index in [0.29, 0.717) is 17.3 Å². The van der Waals surface area contributed by atoms with Gasteiger partial charge < -0.3 is 5.32 Å². The normalized spacial score (nSPS) is 14.1. The number of hydrogen-bond acceptors (Lipinski definition) is 2. The van der Waals surface area contributed by atoms with E-state index in [2.05, 4.69) is 10.4 Å². The first-order valence-corrected chi connectivity index (χ1v) is 8.82. The SMILES string of the molecule is Cn1nc(NC(=O)c2ccccc2)c(C2CCC2)c1-c1ccc(F)cc1. The molecule has 3 aromatic rings. The third-order valence-electron chi connectivity index (χ3n) is 4.98. The highest BCUT2D eigenvalue weighted by Crippen LogP contribution is 2.44. The zero-order valence-corrected chi connectivity index (χ0v) is 14.6. The van der Waals surface area contributed by atoms with Crippen molar-refractivity contribution in [3.8, 4) is 11.3 Å². The van der Waals surface area contributed by atoms with Gasteiger partial charge in [-0.25, -0.2) is 4.39 Å². The maximum Gasteiger partial charge on any atom is 0.256 e. The van der Waals surface area contributed by atoms with Crippen LogP contribution in [0.15, 0.2) is 54.6 Å². The van der Waals surface area contributed by atoms with Gasteiger partial charge in [-0.2, -0.15) is 5.10 Å². The zero-order chi connectivity index (χ0) is 18.1. The van der Waals surface area contributed by atoms with E-state index in [-0.39, 0.29) is 11.7 Å². The Balaban J connectivity index is 1.74. The second-order valence-corrected chi connectivity index (χ2v) is 6.69. The first-order chi connectivity index (χ1) is 12.6. The summed E-state index contributed by atoms with van der Waals surface area (Å²) in [6.07, 6.45) is 3.33. The largest absolute Gasteiger partial charge is 0.305 e. The molecular formula is C21H20FN3O. The summed E-state index contributed by atoms with van der Waals surface area (Å²) in [7, 11) is 1.86. The molecule has 4 rings (SSSR count). The van der Waals surface area contributed by atoms with Gasteiger partial charge in [-0.3, -0.25) is 9.48 Å². The number of hydrogen-bond donors (Lipinski definition) is 1. The Morgan fingerprint density at radius 3 is 2.42 bits per heavy atom. The van der Waals surface area contributed by atoms with Crippen LogP contribution in [0, 0.1) is 5.82 Å². The van der Waals surface area contributed by atoms with Crippen molar-refractivity contribution >= 4 is 11.7 Å². The molecule has 0 radical (unpaired) electrons. The third kappa shape index (κ3) is 3.01. The van der Waals surface area contributed by atoms with Crippen LogP contribution in [0.4, 0.5) is 10.2 Å². The van der Waals surface area contributed by atoms with Crippen LogP contribution < -0.4 is 5.32 Å². The maximum atomic E-state index is 13.3. The van der Waals surface area contributed by atoms with Gasteiger partial charge >= 0.3 is 0 Å². The van der Waals surface area contributed by atoms with Crippen LogP contribution in [0.1, 0.15) is 41.1 Å². The molecule has 0 unspecified atom stereocenters. The van der Waals surface area contributed by atoms with Crippen LogP contribution in [0.3, 0.4) is 0 Å². The molecule has 132 valence electrons. The molecule has 1 aliphatic rings. The van der Waals surface area contributed by atoms with Gasteiger partial charge in [-0.05, 0) is 55.2 Å². The number of rotatable bonds is 4. The summed E-state index contributed by atoms with van der Waals surface area (Å²) in [5.74, 6) is 0.536. The van der Waals surface area contributed by atoms with E-state index >= 15 is 0 Å². The summed E-state index contributed by atoms with van der Waals surface area (Å²) in [5.41, 5.74) is 3.50. The molecule has 1 amide bonds. The molecule has 26 heavy (non-hydrogen) atoms. The molecule has 5 heteroatoms. The molecule has 1 aliphatic carbocycles. The fraction of sp³-hybridized carbons (Fsp3) is 0.238. The van der Waals surface area contributed by atoms with Crippen LogP contribution in [-0.2, 0) is 7.05 Å². The fourth-order valence-electron chi connectivity index (χ4n) is 3.44. The molecular weight excluding hydrogens is 329 g/mol. The lowest BCUT2D eigenvalue weighted by atomic mass is 9.79. The van der Waals surface area contributed by atoms with E-state index in [1.165, 1.54) is 18.6 Å². The average Bonchev–Trinajstić information content (AvgIpc) is 2.91. The number of aryl methyl sites for hydroxylation is 1. The van der Waals surface area contributed by atoms with Gasteiger partial charge in [0, 0.05) is 23.7 Å². The molecule has 1 heterocycles. The van der Waals surface area contributed by atoms with Gasteiger partial charge in [0.15, 0.2) is 5.82 Å². The summed E-state index contributed by atoms with van der Waals surface area (Å²) < 4.78 is 15.1. The van der Waals surface area contributed by atoms with Gasteiger partial charge in [-0.15, -0.1) is 0 Å². The Morgan fingerprint density at radius 2 is 1.81 bits per heavy atom. The molecule has 2 aromatic carbocycles. The number of benzene rings is 2. The van der Waals surface area contributed by atoms with Crippen molar-refractivity contribution in [1.82, 2.24) is 9.78 Å². The number of amides is 1. The monoisotopic (exact) mass is 349 g/mol. The fourth-order valence-corrected chi connectivity index (χ4v) is 3.44.